The maximum Gasteiger partial charge on any atom is 0.446 e. The molecular formula is C26H25F3N4O2S2. The first-order chi connectivity index (χ1) is 17.6. The summed E-state index contributed by atoms with van der Waals surface area (Å²) in [4.78, 5) is 4.83. The van der Waals surface area contributed by atoms with Gasteiger partial charge in [-0.2, -0.15) is 18.3 Å². The van der Waals surface area contributed by atoms with Crippen molar-refractivity contribution >= 4 is 38.3 Å². The molecule has 0 atom stereocenters. The fourth-order valence-corrected chi connectivity index (χ4v) is 7.05. The zero-order valence-corrected chi connectivity index (χ0v) is 21.6. The molecule has 194 valence electrons. The van der Waals surface area contributed by atoms with Crippen molar-refractivity contribution in [1.29, 1.82) is 0 Å². The van der Waals surface area contributed by atoms with E-state index in [2.05, 4.69) is 20.5 Å². The third-order valence-corrected chi connectivity index (χ3v) is 9.71. The van der Waals surface area contributed by atoms with Gasteiger partial charge in [-0.15, -0.1) is 0 Å². The number of thioether (sulfide) groups is 1. The number of fused-ring (bicyclic) bond motifs is 1. The lowest BCUT2D eigenvalue weighted by molar-refractivity contribution is -0.0328. The van der Waals surface area contributed by atoms with Gasteiger partial charge in [0.25, 0.3) is 0 Å². The summed E-state index contributed by atoms with van der Waals surface area (Å²) in [6.07, 6.45) is 4.10. The number of aryl methyl sites for hydroxylation is 1. The molecule has 0 aliphatic heterocycles. The van der Waals surface area contributed by atoms with E-state index in [1.54, 1.807) is 42.6 Å². The number of aromatic nitrogens is 3. The lowest BCUT2D eigenvalue weighted by Gasteiger charge is -2.29. The van der Waals surface area contributed by atoms with Crippen molar-refractivity contribution in [3.8, 4) is 11.1 Å². The molecule has 4 aromatic rings. The lowest BCUT2D eigenvalue weighted by atomic mass is 9.95. The predicted molar refractivity (Wildman–Crippen MR) is 139 cm³/mol. The van der Waals surface area contributed by atoms with Gasteiger partial charge in [-0.25, -0.2) is 13.4 Å². The molecule has 1 fully saturated rings. The highest BCUT2D eigenvalue weighted by molar-refractivity contribution is 8.00. The molecule has 0 bridgehead atoms. The number of rotatable bonds is 6. The van der Waals surface area contributed by atoms with Gasteiger partial charge in [-0.3, -0.25) is 5.10 Å². The number of hydrogen-bond donors (Lipinski definition) is 2. The van der Waals surface area contributed by atoms with E-state index in [-0.39, 0.29) is 22.7 Å². The average Bonchev–Trinajstić information content (AvgIpc) is 3.25. The molecule has 1 aliphatic carbocycles. The normalized spacial score (nSPS) is 18.7. The van der Waals surface area contributed by atoms with Crippen molar-refractivity contribution < 1.29 is 21.6 Å². The van der Waals surface area contributed by atoms with Crippen molar-refractivity contribution in [2.45, 2.75) is 59.2 Å². The Bertz CT molecular complexity index is 1490. The van der Waals surface area contributed by atoms with Crippen LogP contribution < -0.4 is 5.32 Å². The zero-order valence-electron chi connectivity index (χ0n) is 19.9. The number of anilines is 1. The minimum Gasteiger partial charge on any atom is -0.382 e. The smallest absolute Gasteiger partial charge is 0.382 e. The number of alkyl halides is 3. The Labute approximate surface area is 217 Å². The lowest BCUT2D eigenvalue weighted by Crippen LogP contribution is -2.32. The Morgan fingerprint density at radius 3 is 2.30 bits per heavy atom. The standard InChI is InChI=1S/C26H25F3N4O2S2/c1-16-24-14-18(15-30-25(24)33-32-16)17-2-10-22(11-3-17)37(34,35)23-12-6-20(7-13-23)31-19-4-8-21(9-5-19)36-26(27,28)29/h2-5,8-11,14-15,20,23,31H,6-7,12-13H2,1H3,(H,30,32,33)/t20-,23-. The van der Waals surface area contributed by atoms with Gasteiger partial charge in [0.2, 0.25) is 0 Å². The van der Waals surface area contributed by atoms with Crippen LogP contribution in [0.3, 0.4) is 0 Å². The van der Waals surface area contributed by atoms with Crippen LogP contribution in [0.15, 0.2) is 70.6 Å². The highest BCUT2D eigenvalue weighted by Crippen LogP contribution is 2.37. The van der Waals surface area contributed by atoms with Crippen LogP contribution >= 0.6 is 11.8 Å². The van der Waals surface area contributed by atoms with E-state index in [0.29, 0.717) is 36.2 Å². The minimum absolute atomic E-state index is 0.0729. The molecule has 2 heterocycles. The summed E-state index contributed by atoms with van der Waals surface area (Å²) in [6, 6.07) is 15.1. The van der Waals surface area contributed by atoms with Crippen LogP contribution in [-0.2, 0) is 9.84 Å². The van der Waals surface area contributed by atoms with Crippen molar-refractivity contribution in [1.82, 2.24) is 15.2 Å². The maximum atomic E-state index is 13.3. The van der Waals surface area contributed by atoms with E-state index >= 15 is 0 Å². The summed E-state index contributed by atoms with van der Waals surface area (Å²) in [5.41, 5.74) is -0.260. The SMILES string of the molecule is Cc1n[nH]c2ncc(-c3ccc(S(=O)(=O)[C@H]4CC[C@H](Nc5ccc(SC(F)(F)F)cc5)CC4)cc3)cc12. The van der Waals surface area contributed by atoms with Gasteiger partial charge in [0.05, 0.1) is 15.8 Å². The Morgan fingerprint density at radius 2 is 1.65 bits per heavy atom. The van der Waals surface area contributed by atoms with Crippen LogP contribution in [0.2, 0.25) is 0 Å². The second-order valence-corrected chi connectivity index (χ2v) is 12.6. The van der Waals surface area contributed by atoms with E-state index in [0.717, 1.165) is 27.9 Å². The minimum atomic E-state index is -4.32. The Kier molecular flexibility index (Phi) is 6.93. The molecular weight excluding hydrogens is 521 g/mol. The molecule has 2 aromatic heterocycles. The summed E-state index contributed by atoms with van der Waals surface area (Å²) in [5.74, 6) is 0. The van der Waals surface area contributed by atoms with E-state index < -0.39 is 20.6 Å². The average molecular weight is 547 g/mol. The Balaban J connectivity index is 1.20. The Hall–Kier alpha value is -3.05. The molecule has 6 nitrogen and oxygen atoms in total. The van der Waals surface area contributed by atoms with E-state index in [1.165, 1.54) is 12.1 Å². The second kappa shape index (κ2) is 10.0. The van der Waals surface area contributed by atoms with Crippen molar-refractivity contribution in [2.24, 2.45) is 0 Å². The summed E-state index contributed by atoms with van der Waals surface area (Å²) in [7, 11) is -3.48. The van der Waals surface area contributed by atoms with Gasteiger partial charge >= 0.3 is 5.51 Å². The highest BCUT2D eigenvalue weighted by atomic mass is 32.2. The predicted octanol–water partition coefficient (Wildman–Crippen LogP) is 6.74. The topological polar surface area (TPSA) is 87.7 Å². The van der Waals surface area contributed by atoms with Gasteiger partial charge in [0.1, 0.15) is 0 Å². The molecule has 0 amide bonds. The number of sulfone groups is 1. The van der Waals surface area contributed by atoms with Crippen molar-refractivity contribution in [2.75, 3.05) is 5.32 Å². The number of pyridine rings is 1. The Morgan fingerprint density at radius 1 is 0.973 bits per heavy atom. The molecule has 2 N–H and O–H groups in total. The number of hydrogen-bond acceptors (Lipinski definition) is 6. The largest absolute Gasteiger partial charge is 0.446 e. The summed E-state index contributed by atoms with van der Waals surface area (Å²) < 4.78 is 64.1. The molecule has 0 unspecified atom stereocenters. The number of halogens is 3. The third-order valence-electron chi connectivity index (χ3n) is 6.69. The summed E-state index contributed by atoms with van der Waals surface area (Å²) >= 11 is -0.144. The zero-order chi connectivity index (χ0) is 26.2. The van der Waals surface area contributed by atoms with E-state index in [4.69, 9.17) is 0 Å². The highest BCUT2D eigenvalue weighted by Gasteiger charge is 2.32. The molecule has 0 radical (unpaired) electrons. The van der Waals surface area contributed by atoms with E-state index in [1.807, 2.05) is 13.0 Å². The van der Waals surface area contributed by atoms with Crippen molar-refractivity contribution in [3.05, 3.63) is 66.5 Å². The number of H-pyrrole nitrogens is 1. The quantitative estimate of drug-likeness (QED) is 0.260. The van der Waals surface area contributed by atoms with Gasteiger partial charge in [-0.05, 0) is 92.4 Å². The second-order valence-electron chi connectivity index (χ2n) is 9.19. The van der Waals surface area contributed by atoms with Gasteiger partial charge in [-0.1, -0.05) is 12.1 Å². The monoisotopic (exact) mass is 546 g/mol. The number of aromatic amines is 1. The van der Waals surface area contributed by atoms with Crippen LogP contribution in [0, 0.1) is 6.92 Å². The van der Waals surface area contributed by atoms with Crippen LogP contribution in [0.5, 0.6) is 0 Å². The van der Waals surface area contributed by atoms with Crippen molar-refractivity contribution in [3.63, 3.8) is 0 Å². The first-order valence-corrected chi connectivity index (χ1v) is 14.2. The summed E-state index contributed by atoms with van der Waals surface area (Å²) in [6.45, 7) is 1.90. The molecule has 5 rings (SSSR count). The molecule has 37 heavy (non-hydrogen) atoms. The fourth-order valence-electron chi connectivity index (χ4n) is 4.72. The molecule has 0 spiro atoms. The van der Waals surface area contributed by atoms with Crippen LogP contribution in [0.25, 0.3) is 22.2 Å². The number of benzene rings is 2. The van der Waals surface area contributed by atoms with Gasteiger partial charge in [0.15, 0.2) is 15.5 Å². The molecule has 1 saturated carbocycles. The molecule has 11 heteroatoms. The third kappa shape index (κ3) is 5.77. The first-order valence-electron chi connectivity index (χ1n) is 11.9. The maximum absolute atomic E-state index is 13.3. The van der Waals surface area contributed by atoms with Crippen LogP contribution in [0.1, 0.15) is 31.4 Å². The van der Waals surface area contributed by atoms with Crippen LogP contribution in [-0.4, -0.2) is 40.4 Å². The number of nitrogens with zero attached hydrogens (tertiary/aromatic N) is 2. The number of nitrogens with one attached hydrogen (secondary N) is 2. The summed E-state index contributed by atoms with van der Waals surface area (Å²) in [5, 5.41) is 10.8. The fraction of sp³-hybridized carbons (Fsp3) is 0.308. The first kappa shape index (κ1) is 25.6. The molecule has 2 aromatic carbocycles. The molecule has 0 saturated heterocycles. The van der Waals surface area contributed by atoms with Gasteiger partial charge in [0, 0.05) is 33.8 Å². The molecule has 1 aliphatic rings. The van der Waals surface area contributed by atoms with Gasteiger partial charge < -0.3 is 5.32 Å². The van der Waals surface area contributed by atoms with Crippen LogP contribution in [0.4, 0.5) is 18.9 Å². The van der Waals surface area contributed by atoms with E-state index in [9.17, 15) is 21.6 Å².